The fourth-order valence-electron chi connectivity index (χ4n) is 10.3. The topological polar surface area (TPSA) is 8.17 Å². The Morgan fingerprint density at radius 2 is 0.918 bits per heavy atom. The molecule has 10 aromatic carbocycles. The maximum absolute atomic E-state index is 2.48. The Labute approximate surface area is 355 Å². The van der Waals surface area contributed by atoms with Gasteiger partial charge in [0.15, 0.2) is 0 Å². The zero-order chi connectivity index (χ0) is 40.3. The van der Waals surface area contributed by atoms with Gasteiger partial charge in [0.2, 0.25) is 0 Å². The lowest BCUT2D eigenvalue weighted by atomic mass is 9.68. The van der Waals surface area contributed by atoms with Crippen molar-refractivity contribution in [3.8, 4) is 27.9 Å². The van der Waals surface area contributed by atoms with Crippen LogP contribution in [0.5, 0.6) is 0 Å². The molecule has 2 nitrogen and oxygen atoms in total. The van der Waals surface area contributed by atoms with Crippen LogP contribution in [0.4, 0.5) is 17.1 Å². The van der Waals surface area contributed by atoms with Crippen molar-refractivity contribution >= 4 is 49.6 Å². The molecule has 61 heavy (non-hydrogen) atoms. The molecule has 1 heterocycles. The molecule has 0 N–H and O–H groups in total. The third-order valence-corrected chi connectivity index (χ3v) is 12.9. The van der Waals surface area contributed by atoms with Crippen LogP contribution in [0.3, 0.4) is 0 Å². The molecule has 12 rings (SSSR count). The average molecular weight is 777 g/mol. The van der Waals surface area contributed by atoms with Gasteiger partial charge in [-0.1, -0.05) is 194 Å². The molecule has 0 saturated carbocycles. The van der Waals surface area contributed by atoms with Gasteiger partial charge in [0.05, 0.1) is 27.8 Å². The van der Waals surface area contributed by atoms with E-state index in [0.717, 1.165) is 33.9 Å². The van der Waals surface area contributed by atoms with Crippen LogP contribution in [0, 0.1) is 0 Å². The van der Waals surface area contributed by atoms with Gasteiger partial charge in [-0.15, -0.1) is 0 Å². The van der Waals surface area contributed by atoms with E-state index in [1.807, 2.05) is 0 Å². The molecule has 0 amide bonds. The average Bonchev–Trinajstić information content (AvgIpc) is 3.83. The zero-order valence-corrected chi connectivity index (χ0v) is 33.5. The highest BCUT2D eigenvalue weighted by Gasteiger charge is 2.46. The molecule has 0 saturated heterocycles. The lowest BCUT2D eigenvalue weighted by molar-refractivity contribution is 0.768. The molecule has 0 unspecified atom stereocenters. The van der Waals surface area contributed by atoms with Crippen LogP contribution >= 0.6 is 0 Å². The van der Waals surface area contributed by atoms with E-state index in [4.69, 9.17) is 0 Å². The van der Waals surface area contributed by atoms with E-state index in [9.17, 15) is 0 Å². The van der Waals surface area contributed by atoms with Crippen molar-refractivity contribution < 1.29 is 0 Å². The van der Waals surface area contributed by atoms with E-state index in [1.54, 1.807) is 0 Å². The number of fused-ring (bicyclic) bond motifs is 7. The minimum absolute atomic E-state index is 0.445. The Morgan fingerprint density at radius 1 is 0.344 bits per heavy atom. The van der Waals surface area contributed by atoms with Crippen LogP contribution in [-0.4, -0.2) is 4.57 Å². The summed E-state index contributed by atoms with van der Waals surface area (Å²) in [4.78, 5) is 2.42. The second-order valence-electron chi connectivity index (χ2n) is 16.0. The second kappa shape index (κ2) is 14.1. The predicted octanol–water partition coefficient (Wildman–Crippen LogP) is 15.4. The number of benzene rings is 10. The van der Waals surface area contributed by atoms with Crippen molar-refractivity contribution in [1.82, 2.24) is 4.57 Å². The fraction of sp³-hybridized carbons (Fsp3) is 0.0169. The van der Waals surface area contributed by atoms with Gasteiger partial charge in [0.25, 0.3) is 0 Å². The van der Waals surface area contributed by atoms with E-state index in [2.05, 4.69) is 252 Å². The van der Waals surface area contributed by atoms with Gasteiger partial charge in [-0.25, -0.2) is 0 Å². The van der Waals surface area contributed by atoms with Crippen molar-refractivity contribution in [2.24, 2.45) is 0 Å². The van der Waals surface area contributed by atoms with Crippen LogP contribution in [0.25, 0.3) is 60.5 Å². The van der Waals surface area contributed by atoms with Gasteiger partial charge in [-0.3, -0.25) is 0 Å². The van der Waals surface area contributed by atoms with E-state index >= 15 is 0 Å². The van der Waals surface area contributed by atoms with Crippen LogP contribution < -0.4 is 4.90 Å². The molecule has 286 valence electrons. The first-order valence-electron chi connectivity index (χ1n) is 21.1. The maximum atomic E-state index is 2.48. The Kier molecular flexibility index (Phi) is 8.11. The summed E-state index contributed by atoms with van der Waals surface area (Å²) in [7, 11) is 0. The van der Waals surface area contributed by atoms with E-state index < -0.39 is 5.41 Å². The summed E-state index contributed by atoms with van der Waals surface area (Å²) in [6, 6.07) is 89.0. The number of para-hydroxylation sites is 3. The molecule has 0 aliphatic heterocycles. The predicted molar refractivity (Wildman–Crippen MR) is 256 cm³/mol. The van der Waals surface area contributed by atoms with Crippen LogP contribution in [0.2, 0.25) is 0 Å². The number of rotatable bonds is 7. The summed E-state index contributed by atoms with van der Waals surface area (Å²) < 4.78 is 2.48. The molecule has 0 spiro atoms. The minimum atomic E-state index is -0.445. The van der Waals surface area contributed by atoms with Gasteiger partial charge in [-0.05, 0) is 92.9 Å². The van der Waals surface area contributed by atoms with Gasteiger partial charge in [-0.2, -0.15) is 0 Å². The van der Waals surface area contributed by atoms with Gasteiger partial charge in [0.1, 0.15) is 0 Å². The van der Waals surface area contributed by atoms with E-state index in [1.165, 1.54) is 66.0 Å². The normalized spacial score (nSPS) is 12.7. The summed E-state index contributed by atoms with van der Waals surface area (Å²) >= 11 is 0. The Hall–Kier alpha value is -7.94. The van der Waals surface area contributed by atoms with Gasteiger partial charge in [0, 0.05) is 33.1 Å². The molecular weight excluding hydrogens is 737 g/mol. The lowest BCUT2D eigenvalue weighted by Crippen LogP contribution is -2.28. The highest BCUT2D eigenvalue weighted by molar-refractivity contribution is 6.11. The quantitative estimate of drug-likeness (QED) is 0.156. The molecule has 1 aliphatic carbocycles. The largest absolute Gasteiger partial charge is 0.309 e. The van der Waals surface area contributed by atoms with Crippen molar-refractivity contribution in [3.05, 3.63) is 265 Å². The molecule has 0 atom stereocenters. The van der Waals surface area contributed by atoms with Crippen molar-refractivity contribution in [2.75, 3.05) is 4.90 Å². The smallest absolute Gasteiger partial charge is 0.0713 e. The fourth-order valence-corrected chi connectivity index (χ4v) is 10.3. The molecule has 0 fully saturated rings. The zero-order valence-electron chi connectivity index (χ0n) is 33.5. The van der Waals surface area contributed by atoms with Gasteiger partial charge >= 0.3 is 0 Å². The standard InChI is InChI=1S/C59H40N2/c1-4-21-43(22-5-1)59(44-23-6-2-7-24-44)53-31-15-12-29-49(53)52-40-46(36-38-54(52)59)61-57-33-17-14-30-50(57)51-37-35-42(39-58(51)61)48-28-13-16-32-55(48)60(45-25-8-3-9-26-45)56-34-18-20-41-19-10-11-27-47(41)56/h1-40H. The number of hydrogen-bond donors (Lipinski definition) is 0. The first-order chi connectivity index (χ1) is 30.3. The first kappa shape index (κ1) is 35.0. The minimum Gasteiger partial charge on any atom is -0.309 e. The summed E-state index contributed by atoms with van der Waals surface area (Å²) in [6.45, 7) is 0. The molecular formula is C59H40N2. The lowest BCUT2D eigenvalue weighted by Gasteiger charge is -2.33. The summed E-state index contributed by atoms with van der Waals surface area (Å²) in [6.07, 6.45) is 0. The molecule has 11 aromatic rings. The van der Waals surface area contributed by atoms with Gasteiger partial charge < -0.3 is 9.47 Å². The first-order valence-corrected chi connectivity index (χ1v) is 21.1. The third-order valence-electron chi connectivity index (χ3n) is 12.9. The highest BCUT2D eigenvalue weighted by Crippen LogP contribution is 2.56. The molecule has 2 heteroatoms. The molecule has 1 aromatic heterocycles. The Balaban J connectivity index is 1.08. The number of hydrogen-bond acceptors (Lipinski definition) is 1. The maximum Gasteiger partial charge on any atom is 0.0713 e. The van der Waals surface area contributed by atoms with Crippen LogP contribution in [0.15, 0.2) is 243 Å². The summed E-state index contributed by atoms with van der Waals surface area (Å²) in [5, 5.41) is 4.89. The van der Waals surface area contributed by atoms with Crippen molar-refractivity contribution in [1.29, 1.82) is 0 Å². The van der Waals surface area contributed by atoms with Crippen molar-refractivity contribution in [2.45, 2.75) is 5.41 Å². The summed E-state index contributed by atoms with van der Waals surface area (Å²) in [5.74, 6) is 0. The van der Waals surface area contributed by atoms with Crippen molar-refractivity contribution in [3.63, 3.8) is 0 Å². The Morgan fingerprint density at radius 3 is 1.70 bits per heavy atom. The summed E-state index contributed by atoms with van der Waals surface area (Å²) in [5.41, 5.74) is 16.5. The number of anilines is 3. The Bertz CT molecular complexity index is 3370. The van der Waals surface area contributed by atoms with E-state index in [0.29, 0.717) is 0 Å². The number of nitrogens with zero attached hydrogens (tertiary/aromatic N) is 2. The van der Waals surface area contributed by atoms with Crippen LogP contribution in [-0.2, 0) is 5.41 Å². The SMILES string of the molecule is c1ccc(N(c2ccccc2-c2ccc3c4ccccc4n(-c4ccc5c(c4)-c4ccccc4C5(c4ccccc4)c4ccccc4)c3c2)c2cccc3ccccc23)cc1. The van der Waals surface area contributed by atoms with E-state index in [-0.39, 0.29) is 0 Å². The molecule has 1 aliphatic rings. The van der Waals surface area contributed by atoms with Crippen LogP contribution in [0.1, 0.15) is 22.3 Å². The number of aromatic nitrogens is 1. The monoisotopic (exact) mass is 776 g/mol. The third kappa shape index (κ3) is 5.36. The molecule has 0 radical (unpaired) electrons. The molecule has 0 bridgehead atoms. The second-order valence-corrected chi connectivity index (χ2v) is 16.0. The highest BCUT2D eigenvalue weighted by atomic mass is 15.1.